The van der Waals surface area contributed by atoms with Crippen LogP contribution in [0.3, 0.4) is 0 Å². The Hall–Kier alpha value is -1.03. The lowest BCUT2D eigenvalue weighted by Gasteiger charge is -2.13. The van der Waals surface area contributed by atoms with Crippen LogP contribution in [0.15, 0.2) is 28.9 Å². The molecule has 4 heteroatoms. The summed E-state index contributed by atoms with van der Waals surface area (Å²) in [5.41, 5.74) is 6.28. The summed E-state index contributed by atoms with van der Waals surface area (Å²) in [6.07, 6.45) is 8.16. The summed E-state index contributed by atoms with van der Waals surface area (Å²) in [4.78, 5) is 4.23. The average Bonchev–Trinajstić information content (AvgIpc) is 2.62. The maximum atomic E-state index is 5.60. The van der Waals surface area contributed by atoms with Gasteiger partial charge in [-0.3, -0.25) is 0 Å². The Morgan fingerprint density at radius 2 is 2.14 bits per heavy atom. The molecule has 1 aromatic rings. The summed E-state index contributed by atoms with van der Waals surface area (Å²) in [7, 11) is 0. The fourth-order valence-corrected chi connectivity index (χ4v) is 1.97. The van der Waals surface area contributed by atoms with E-state index in [1.807, 2.05) is 6.07 Å². The summed E-state index contributed by atoms with van der Waals surface area (Å²) in [5, 5.41) is 3.36. The highest BCUT2D eigenvalue weighted by atomic mass is 79.9. The first-order valence-corrected chi connectivity index (χ1v) is 5.37. The van der Waals surface area contributed by atoms with E-state index in [0.29, 0.717) is 11.7 Å². The van der Waals surface area contributed by atoms with Crippen molar-refractivity contribution < 1.29 is 0 Å². The smallest absolute Gasteiger partial charge is 0.140 e. The quantitative estimate of drug-likeness (QED) is 0.797. The lowest BCUT2D eigenvalue weighted by molar-refractivity contribution is 0.780. The van der Waals surface area contributed by atoms with Crippen molar-refractivity contribution in [3.8, 4) is 0 Å². The number of hydrogen-bond donors (Lipinski definition) is 2. The van der Waals surface area contributed by atoms with Gasteiger partial charge in [0.25, 0.3) is 0 Å². The van der Waals surface area contributed by atoms with Gasteiger partial charge in [-0.1, -0.05) is 12.2 Å². The first kappa shape index (κ1) is 9.52. The Kier molecular flexibility index (Phi) is 2.72. The lowest BCUT2D eigenvalue weighted by Crippen LogP contribution is -2.16. The van der Waals surface area contributed by atoms with Gasteiger partial charge < -0.3 is 11.1 Å². The molecule has 0 saturated carbocycles. The second kappa shape index (κ2) is 4.00. The minimum Gasteiger partial charge on any atom is -0.397 e. The minimum absolute atomic E-state index is 0.474. The highest BCUT2D eigenvalue weighted by Gasteiger charge is 2.11. The molecule has 0 saturated heterocycles. The molecule has 1 aromatic heterocycles. The van der Waals surface area contributed by atoms with Crippen LogP contribution in [0.5, 0.6) is 0 Å². The fourth-order valence-electron chi connectivity index (χ4n) is 1.49. The largest absolute Gasteiger partial charge is 0.397 e. The van der Waals surface area contributed by atoms with Gasteiger partial charge in [0.1, 0.15) is 5.82 Å². The zero-order valence-corrected chi connectivity index (χ0v) is 9.29. The van der Waals surface area contributed by atoms with Gasteiger partial charge in [-0.05, 0) is 34.8 Å². The molecule has 0 aliphatic heterocycles. The number of hydrogen-bond acceptors (Lipinski definition) is 3. The second-order valence-corrected chi connectivity index (χ2v) is 4.24. The molecule has 0 spiro atoms. The first-order valence-electron chi connectivity index (χ1n) is 4.58. The zero-order valence-electron chi connectivity index (χ0n) is 7.70. The van der Waals surface area contributed by atoms with Gasteiger partial charge in [0.15, 0.2) is 0 Å². The van der Waals surface area contributed by atoms with E-state index in [2.05, 4.69) is 38.4 Å². The molecule has 0 unspecified atom stereocenters. The van der Waals surface area contributed by atoms with E-state index in [1.54, 1.807) is 6.20 Å². The Morgan fingerprint density at radius 3 is 2.79 bits per heavy atom. The number of halogens is 1. The van der Waals surface area contributed by atoms with Crippen LogP contribution in [0, 0.1) is 0 Å². The molecule has 2 rings (SSSR count). The molecular weight excluding hydrogens is 242 g/mol. The van der Waals surface area contributed by atoms with E-state index < -0.39 is 0 Å². The summed E-state index contributed by atoms with van der Waals surface area (Å²) in [6, 6.07) is 2.33. The Labute approximate surface area is 91.5 Å². The van der Waals surface area contributed by atoms with Gasteiger partial charge >= 0.3 is 0 Å². The number of nitrogens with one attached hydrogen (secondary N) is 1. The maximum Gasteiger partial charge on any atom is 0.140 e. The Bertz CT molecular complexity index is 354. The van der Waals surface area contributed by atoms with E-state index >= 15 is 0 Å². The number of nitrogen functional groups attached to an aromatic ring is 1. The van der Waals surface area contributed by atoms with E-state index in [-0.39, 0.29) is 0 Å². The zero-order chi connectivity index (χ0) is 9.97. The van der Waals surface area contributed by atoms with Crippen LogP contribution in [-0.4, -0.2) is 11.0 Å². The SMILES string of the molecule is Nc1cnc(NC2CC=CC2)c(Br)c1. The maximum absolute atomic E-state index is 5.60. The van der Waals surface area contributed by atoms with Crippen molar-refractivity contribution in [1.29, 1.82) is 0 Å². The number of anilines is 2. The van der Waals surface area contributed by atoms with Crippen molar-refractivity contribution in [2.45, 2.75) is 18.9 Å². The molecule has 0 amide bonds. The second-order valence-electron chi connectivity index (χ2n) is 3.38. The van der Waals surface area contributed by atoms with Gasteiger partial charge in [0.05, 0.1) is 16.4 Å². The van der Waals surface area contributed by atoms with Crippen LogP contribution in [0.25, 0.3) is 0 Å². The first-order chi connectivity index (χ1) is 6.75. The average molecular weight is 254 g/mol. The van der Waals surface area contributed by atoms with E-state index in [9.17, 15) is 0 Å². The summed E-state index contributed by atoms with van der Waals surface area (Å²) >= 11 is 3.43. The third-order valence-corrected chi connectivity index (χ3v) is 2.82. The van der Waals surface area contributed by atoms with Gasteiger partial charge in [0, 0.05) is 6.04 Å². The molecule has 1 heterocycles. The third-order valence-electron chi connectivity index (χ3n) is 2.21. The number of pyridine rings is 1. The van der Waals surface area contributed by atoms with E-state index in [1.165, 1.54) is 0 Å². The standard InChI is InChI=1S/C10H12BrN3/c11-9-5-7(12)6-13-10(9)14-8-3-1-2-4-8/h1-2,5-6,8H,3-4,12H2,(H,13,14). The van der Waals surface area contributed by atoms with E-state index in [4.69, 9.17) is 5.73 Å². The molecule has 0 radical (unpaired) electrons. The minimum atomic E-state index is 0.474. The highest BCUT2D eigenvalue weighted by Crippen LogP contribution is 2.24. The van der Waals surface area contributed by atoms with Crippen molar-refractivity contribution in [1.82, 2.24) is 4.98 Å². The fraction of sp³-hybridized carbons (Fsp3) is 0.300. The third kappa shape index (κ3) is 2.07. The predicted octanol–water partition coefficient (Wildman–Crippen LogP) is 2.56. The van der Waals surface area contributed by atoms with Crippen molar-refractivity contribution >= 4 is 27.4 Å². The number of aromatic nitrogens is 1. The Morgan fingerprint density at radius 1 is 1.43 bits per heavy atom. The molecule has 1 aliphatic carbocycles. The van der Waals surface area contributed by atoms with E-state index in [0.717, 1.165) is 23.1 Å². The molecule has 1 aliphatic rings. The molecule has 0 aromatic carbocycles. The molecule has 14 heavy (non-hydrogen) atoms. The number of nitrogens with zero attached hydrogens (tertiary/aromatic N) is 1. The normalized spacial score (nSPS) is 16.1. The number of nitrogens with two attached hydrogens (primary N) is 1. The summed E-state index contributed by atoms with van der Waals surface area (Å²) in [6.45, 7) is 0. The van der Waals surface area contributed by atoms with Gasteiger partial charge in [-0.15, -0.1) is 0 Å². The molecule has 3 N–H and O–H groups in total. The number of rotatable bonds is 2. The lowest BCUT2D eigenvalue weighted by atomic mass is 10.2. The van der Waals surface area contributed by atoms with Gasteiger partial charge in [-0.25, -0.2) is 4.98 Å². The van der Waals surface area contributed by atoms with Crippen LogP contribution >= 0.6 is 15.9 Å². The van der Waals surface area contributed by atoms with Crippen molar-refractivity contribution in [3.63, 3.8) is 0 Å². The Balaban J connectivity index is 2.08. The van der Waals surface area contributed by atoms with Crippen molar-refractivity contribution in [3.05, 3.63) is 28.9 Å². The van der Waals surface area contributed by atoms with Crippen molar-refractivity contribution in [2.75, 3.05) is 11.1 Å². The van der Waals surface area contributed by atoms with Gasteiger partial charge in [0.2, 0.25) is 0 Å². The highest BCUT2D eigenvalue weighted by molar-refractivity contribution is 9.10. The topological polar surface area (TPSA) is 50.9 Å². The van der Waals surface area contributed by atoms with Crippen LogP contribution in [-0.2, 0) is 0 Å². The summed E-state index contributed by atoms with van der Waals surface area (Å²) < 4.78 is 0.921. The molecule has 0 atom stereocenters. The molecule has 0 bridgehead atoms. The molecule has 0 fully saturated rings. The van der Waals surface area contributed by atoms with Crippen LogP contribution in [0.2, 0.25) is 0 Å². The van der Waals surface area contributed by atoms with Crippen LogP contribution in [0.4, 0.5) is 11.5 Å². The molecule has 3 nitrogen and oxygen atoms in total. The van der Waals surface area contributed by atoms with Crippen LogP contribution in [0.1, 0.15) is 12.8 Å². The predicted molar refractivity (Wildman–Crippen MR) is 62.1 cm³/mol. The monoisotopic (exact) mass is 253 g/mol. The molecular formula is C10H12BrN3. The molecule has 74 valence electrons. The van der Waals surface area contributed by atoms with Gasteiger partial charge in [-0.2, -0.15) is 0 Å². The van der Waals surface area contributed by atoms with Crippen molar-refractivity contribution in [2.24, 2.45) is 0 Å². The summed E-state index contributed by atoms with van der Waals surface area (Å²) in [5.74, 6) is 0.868. The van der Waals surface area contributed by atoms with Crippen LogP contribution < -0.4 is 11.1 Å².